The van der Waals surface area contributed by atoms with Gasteiger partial charge in [0.05, 0.1) is 15.8 Å². The van der Waals surface area contributed by atoms with Crippen molar-refractivity contribution in [2.24, 2.45) is 0 Å². The van der Waals surface area contributed by atoms with Gasteiger partial charge in [0.25, 0.3) is 0 Å². The number of benzene rings is 2. The average Bonchev–Trinajstić information content (AvgIpc) is 3.26. The Bertz CT molecular complexity index is 1740. The van der Waals surface area contributed by atoms with Crippen LogP contribution >= 0.6 is 11.3 Å². The number of aromatic nitrogens is 2. The van der Waals surface area contributed by atoms with Gasteiger partial charge in [0.15, 0.2) is 5.82 Å². The summed E-state index contributed by atoms with van der Waals surface area (Å²) in [4.78, 5) is 23.7. The number of nitrogens with two attached hydrogens (primary N) is 1. The van der Waals surface area contributed by atoms with Gasteiger partial charge in [0.1, 0.15) is 34.5 Å². The number of anilines is 2. The summed E-state index contributed by atoms with van der Waals surface area (Å²) < 4.78 is 74.4. The second-order valence-corrected chi connectivity index (χ2v) is 10.6. The van der Waals surface area contributed by atoms with Crippen LogP contribution in [0.1, 0.15) is 25.0 Å². The molecule has 2 aromatic carbocycles. The van der Waals surface area contributed by atoms with E-state index in [0.29, 0.717) is 11.3 Å². The predicted molar refractivity (Wildman–Crippen MR) is 143 cm³/mol. The lowest BCUT2D eigenvalue weighted by molar-refractivity contribution is -0.137. The molecule has 1 saturated heterocycles. The highest BCUT2D eigenvalue weighted by Gasteiger charge is 2.39. The van der Waals surface area contributed by atoms with Gasteiger partial charge in [-0.2, -0.15) is 18.4 Å². The number of nitrogen functional groups attached to an aromatic ring is 1. The van der Waals surface area contributed by atoms with Gasteiger partial charge in [-0.3, -0.25) is 4.79 Å². The maximum atomic E-state index is 16.3. The standard InChI is InChI=1S/C27H21F5N6OS/c1-4-19(39)37-9-13(3)38(10-12(37)2)26-15-7-17(27(30,31)32)21(22(29)23(15)35-11-36-26)14-5-6-18(28)24-20(14)16(8-33)25(34)40-24/h4-7,11-13H,1,9-10,34H2,2-3H3. The first-order chi connectivity index (χ1) is 18.9. The maximum Gasteiger partial charge on any atom is 0.417 e. The summed E-state index contributed by atoms with van der Waals surface area (Å²) in [6.45, 7) is 7.53. The second kappa shape index (κ2) is 9.71. The molecule has 0 aliphatic carbocycles. The van der Waals surface area contributed by atoms with E-state index in [9.17, 15) is 27.6 Å². The zero-order valence-electron chi connectivity index (χ0n) is 21.2. The zero-order chi connectivity index (χ0) is 29.1. The van der Waals surface area contributed by atoms with Crippen molar-refractivity contribution < 1.29 is 26.7 Å². The SMILES string of the molecule is C=CC(=O)N1CC(C)N(c2ncnc3c(F)c(-c4ccc(F)c5sc(N)c(C#N)c45)c(C(F)(F)F)cc23)CC1C. The number of carbonyl (C=O) groups excluding carboxylic acids is 1. The van der Waals surface area contributed by atoms with Crippen molar-refractivity contribution in [2.45, 2.75) is 32.1 Å². The molecule has 1 aliphatic rings. The molecule has 206 valence electrons. The predicted octanol–water partition coefficient (Wildman–Crippen LogP) is 5.87. The van der Waals surface area contributed by atoms with Crippen molar-refractivity contribution in [3.05, 3.63) is 59.9 Å². The molecule has 40 heavy (non-hydrogen) atoms. The van der Waals surface area contributed by atoms with Crippen LogP contribution in [0.3, 0.4) is 0 Å². The largest absolute Gasteiger partial charge is 0.417 e. The summed E-state index contributed by atoms with van der Waals surface area (Å²) in [5, 5.41) is 9.14. The third-order valence-electron chi connectivity index (χ3n) is 7.07. The normalized spacial score (nSPS) is 17.9. The van der Waals surface area contributed by atoms with E-state index in [-0.39, 0.29) is 74.0 Å². The first-order valence-electron chi connectivity index (χ1n) is 12.0. The molecule has 3 heterocycles. The third-order valence-corrected chi connectivity index (χ3v) is 8.10. The van der Waals surface area contributed by atoms with E-state index in [4.69, 9.17) is 5.73 Å². The van der Waals surface area contributed by atoms with Gasteiger partial charge in [-0.05, 0) is 37.6 Å². The number of piperazine rings is 1. The fourth-order valence-corrected chi connectivity index (χ4v) is 6.17. The summed E-state index contributed by atoms with van der Waals surface area (Å²) in [6.07, 6.45) is -2.79. The number of fused-ring (bicyclic) bond motifs is 2. The van der Waals surface area contributed by atoms with Crippen LogP contribution in [0.15, 0.2) is 37.2 Å². The van der Waals surface area contributed by atoms with Crippen LogP contribution in [0.5, 0.6) is 0 Å². The third kappa shape index (κ3) is 4.19. The number of alkyl halides is 3. The molecule has 0 bridgehead atoms. The summed E-state index contributed by atoms with van der Waals surface area (Å²) in [6, 6.07) is 3.78. The highest BCUT2D eigenvalue weighted by molar-refractivity contribution is 7.23. The number of hydrogen-bond donors (Lipinski definition) is 1. The van der Waals surface area contributed by atoms with E-state index in [0.717, 1.165) is 24.5 Å². The van der Waals surface area contributed by atoms with Crippen molar-refractivity contribution >= 4 is 49.1 Å². The van der Waals surface area contributed by atoms with Gasteiger partial charge < -0.3 is 15.5 Å². The minimum Gasteiger partial charge on any atom is -0.389 e. The van der Waals surface area contributed by atoms with E-state index >= 15 is 4.39 Å². The fourth-order valence-electron chi connectivity index (χ4n) is 5.22. The Morgan fingerprint density at radius 3 is 2.60 bits per heavy atom. The first kappa shape index (κ1) is 27.3. The van der Waals surface area contributed by atoms with Crippen molar-refractivity contribution in [3.63, 3.8) is 0 Å². The number of nitrogens with zero attached hydrogens (tertiary/aromatic N) is 5. The van der Waals surface area contributed by atoms with Crippen molar-refractivity contribution in [2.75, 3.05) is 23.7 Å². The quantitative estimate of drug-likeness (QED) is 0.243. The Morgan fingerprint density at radius 1 is 1.23 bits per heavy atom. The molecule has 2 N–H and O–H groups in total. The number of hydrogen-bond acceptors (Lipinski definition) is 7. The molecule has 1 fully saturated rings. The molecule has 1 aliphatic heterocycles. The van der Waals surface area contributed by atoms with Crippen LogP contribution < -0.4 is 10.6 Å². The van der Waals surface area contributed by atoms with Crippen LogP contribution in [0.2, 0.25) is 0 Å². The van der Waals surface area contributed by atoms with E-state index in [1.54, 1.807) is 29.7 Å². The van der Waals surface area contributed by atoms with E-state index in [1.165, 1.54) is 6.08 Å². The average molecular weight is 573 g/mol. The Balaban J connectivity index is 1.78. The van der Waals surface area contributed by atoms with Gasteiger partial charge in [0, 0.05) is 41.5 Å². The van der Waals surface area contributed by atoms with Crippen LogP contribution in [0.4, 0.5) is 32.8 Å². The van der Waals surface area contributed by atoms with Gasteiger partial charge in [0.2, 0.25) is 5.91 Å². The number of amides is 1. The van der Waals surface area contributed by atoms with Crippen LogP contribution in [0.25, 0.3) is 32.1 Å². The van der Waals surface area contributed by atoms with Crippen molar-refractivity contribution in [1.29, 1.82) is 5.26 Å². The molecule has 5 rings (SSSR count). The lowest BCUT2D eigenvalue weighted by atomic mass is 9.92. The molecular formula is C27H21F5N6OS. The molecule has 2 unspecified atom stereocenters. The molecule has 0 radical (unpaired) electrons. The summed E-state index contributed by atoms with van der Waals surface area (Å²) in [5.41, 5.74) is 2.71. The van der Waals surface area contributed by atoms with Gasteiger partial charge in [-0.25, -0.2) is 18.7 Å². The molecule has 13 heteroatoms. The van der Waals surface area contributed by atoms with E-state index in [1.807, 2.05) is 0 Å². The topological polar surface area (TPSA) is 99.1 Å². The van der Waals surface area contributed by atoms with E-state index in [2.05, 4.69) is 16.5 Å². The molecule has 4 aromatic rings. The zero-order valence-corrected chi connectivity index (χ0v) is 22.0. The van der Waals surface area contributed by atoms with E-state index < -0.39 is 28.9 Å². The monoisotopic (exact) mass is 572 g/mol. The first-order valence-corrected chi connectivity index (χ1v) is 12.9. The molecule has 2 aromatic heterocycles. The summed E-state index contributed by atoms with van der Waals surface area (Å²) in [5.74, 6) is -2.30. The lowest BCUT2D eigenvalue weighted by Gasteiger charge is -2.44. The minimum atomic E-state index is -5.04. The highest BCUT2D eigenvalue weighted by atomic mass is 32.1. The maximum absolute atomic E-state index is 16.3. The Morgan fingerprint density at radius 2 is 1.95 bits per heavy atom. The number of carbonyl (C=O) groups is 1. The van der Waals surface area contributed by atoms with Crippen LogP contribution in [-0.2, 0) is 11.0 Å². The molecule has 1 amide bonds. The molecule has 0 saturated carbocycles. The summed E-state index contributed by atoms with van der Waals surface area (Å²) in [7, 11) is 0. The Hall–Kier alpha value is -4.31. The number of thiophene rings is 1. The van der Waals surface area contributed by atoms with Gasteiger partial charge in [-0.15, -0.1) is 11.3 Å². The number of rotatable bonds is 3. The summed E-state index contributed by atoms with van der Waals surface area (Å²) >= 11 is 0.697. The van der Waals surface area contributed by atoms with Gasteiger partial charge >= 0.3 is 6.18 Å². The lowest BCUT2D eigenvalue weighted by Crippen LogP contribution is -2.58. The number of halogens is 5. The molecule has 0 spiro atoms. The van der Waals surface area contributed by atoms with Crippen LogP contribution in [0, 0.1) is 23.0 Å². The Labute approximate surface area is 228 Å². The second-order valence-electron chi connectivity index (χ2n) is 9.50. The highest BCUT2D eigenvalue weighted by Crippen LogP contribution is 2.47. The minimum absolute atomic E-state index is 0.0766. The smallest absolute Gasteiger partial charge is 0.389 e. The number of nitriles is 1. The molecular weight excluding hydrogens is 551 g/mol. The van der Waals surface area contributed by atoms with Crippen molar-refractivity contribution in [3.8, 4) is 17.2 Å². The Kier molecular flexibility index (Phi) is 6.62. The van der Waals surface area contributed by atoms with Crippen molar-refractivity contribution in [1.82, 2.24) is 14.9 Å². The van der Waals surface area contributed by atoms with Gasteiger partial charge in [-0.1, -0.05) is 12.6 Å². The molecule has 2 atom stereocenters. The van der Waals surface area contributed by atoms with Crippen LogP contribution in [-0.4, -0.2) is 45.9 Å². The fraction of sp³-hybridized carbons (Fsp3) is 0.259. The molecule has 7 nitrogen and oxygen atoms in total.